The third-order valence-corrected chi connectivity index (χ3v) is 4.04. The molecule has 0 aliphatic rings. The Bertz CT molecular complexity index is 400. The van der Waals surface area contributed by atoms with E-state index in [4.69, 9.17) is 0 Å². The first kappa shape index (κ1) is 13.6. The quantitative estimate of drug-likeness (QED) is 0.812. The Morgan fingerprint density at radius 1 is 1.50 bits per heavy atom. The molecule has 0 aromatic carbocycles. The standard InChI is InChI=1S/C9H17N3O2S2/c1-7(2)6-8(9-11-4-5-15-9)12-16(13,14)10-3/h4-5,7-8,10,12H,6H2,1-3H3. The summed E-state index contributed by atoms with van der Waals surface area (Å²) < 4.78 is 27.7. The van der Waals surface area contributed by atoms with Gasteiger partial charge >= 0.3 is 0 Å². The van der Waals surface area contributed by atoms with Crippen molar-refractivity contribution in [2.45, 2.75) is 26.3 Å². The fourth-order valence-electron chi connectivity index (χ4n) is 1.32. The minimum atomic E-state index is -3.42. The molecule has 5 nitrogen and oxygen atoms in total. The van der Waals surface area contributed by atoms with E-state index in [2.05, 4.69) is 14.4 Å². The summed E-state index contributed by atoms with van der Waals surface area (Å²) in [7, 11) is -2.04. The average Bonchev–Trinajstić information content (AvgIpc) is 2.68. The predicted octanol–water partition coefficient (Wildman–Crippen LogP) is 1.28. The lowest BCUT2D eigenvalue weighted by molar-refractivity contribution is 0.468. The summed E-state index contributed by atoms with van der Waals surface area (Å²) in [5.74, 6) is 0.397. The maximum absolute atomic E-state index is 11.4. The Kier molecular flexibility index (Phi) is 4.85. The van der Waals surface area contributed by atoms with Gasteiger partial charge in [-0.15, -0.1) is 11.3 Å². The van der Waals surface area contributed by atoms with Gasteiger partial charge in [-0.2, -0.15) is 13.1 Å². The van der Waals surface area contributed by atoms with E-state index in [1.54, 1.807) is 6.20 Å². The van der Waals surface area contributed by atoms with Gasteiger partial charge in [0.1, 0.15) is 5.01 Å². The van der Waals surface area contributed by atoms with Crippen LogP contribution in [0.3, 0.4) is 0 Å². The number of aromatic nitrogens is 1. The van der Waals surface area contributed by atoms with Crippen LogP contribution in [0.1, 0.15) is 31.3 Å². The summed E-state index contributed by atoms with van der Waals surface area (Å²) in [5, 5.41) is 2.64. The van der Waals surface area contributed by atoms with Gasteiger partial charge in [0.25, 0.3) is 10.2 Å². The molecule has 1 unspecified atom stereocenters. The van der Waals surface area contributed by atoms with Crippen molar-refractivity contribution < 1.29 is 8.42 Å². The van der Waals surface area contributed by atoms with E-state index in [-0.39, 0.29) is 6.04 Å². The molecular weight excluding hydrogens is 246 g/mol. The second-order valence-electron chi connectivity index (χ2n) is 3.88. The van der Waals surface area contributed by atoms with Crippen molar-refractivity contribution in [1.82, 2.24) is 14.4 Å². The van der Waals surface area contributed by atoms with Gasteiger partial charge in [-0.25, -0.2) is 9.71 Å². The van der Waals surface area contributed by atoms with E-state index >= 15 is 0 Å². The first-order valence-corrected chi connectivity index (χ1v) is 7.41. The second-order valence-corrected chi connectivity index (χ2v) is 6.45. The highest BCUT2D eigenvalue weighted by Gasteiger charge is 2.21. The minimum Gasteiger partial charge on any atom is -0.248 e. The predicted molar refractivity (Wildman–Crippen MR) is 65.4 cm³/mol. The number of hydrogen-bond acceptors (Lipinski definition) is 4. The monoisotopic (exact) mass is 263 g/mol. The van der Waals surface area contributed by atoms with Crippen LogP contribution in [-0.2, 0) is 10.2 Å². The summed E-state index contributed by atoms with van der Waals surface area (Å²) in [4.78, 5) is 4.15. The zero-order valence-corrected chi connectivity index (χ0v) is 11.2. The molecule has 0 aliphatic heterocycles. The Hall–Kier alpha value is -0.500. The molecule has 1 heterocycles. The van der Waals surface area contributed by atoms with Crippen LogP contribution in [0.4, 0.5) is 0 Å². The molecule has 0 fully saturated rings. The minimum absolute atomic E-state index is 0.252. The normalized spacial score (nSPS) is 14.2. The fraction of sp³-hybridized carbons (Fsp3) is 0.667. The lowest BCUT2D eigenvalue weighted by Gasteiger charge is -2.17. The van der Waals surface area contributed by atoms with Gasteiger partial charge in [0.2, 0.25) is 0 Å². The van der Waals surface area contributed by atoms with E-state index in [0.717, 1.165) is 11.4 Å². The lowest BCUT2D eigenvalue weighted by Crippen LogP contribution is -2.37. The summed E-state index contributed by atoms with van der Waals surface area (Å²) in [6.07, 6.45) is 2.41. The molecule has 0 saturated carbocycles. The molecule has 0 saturated heterocycles. The molecule has 2 N–H and O–H groups in total. The number of rotatable bonds is 6. The zero-order chi connectivity index (χ0) is 12.2. The van der Waals surface area contributed by atoms with Crippen LogP contribution in [0.5, 0.6) is 0 Å². The van der Waals surface area contributed by atoms with E-state index in [1.807, 2.05) is 19.2 Å². The van der Waals surface area contributed by atoms with Crippen molar-refractivity contribution in [1.29, 1.82) is 0 Å². The van der Waals surface area contributed by atoms with Crippen LogP contribution in [0.2, 0.25) is 0 Å². The van der Waals surface area contributed by atoms with Gasteiger partial charge in [-0.05, 0) is 12.3 Å². The molecule has 1 aromatic rings. The number of thiazole rings is 1. The molecule has 1 aromatic heterocycles. The maximum Gasteiger partial charge on any atom is 0.277 e. The molecule has 0 spiro atoms. The second kappa shape index (κ2) is 5.72. The third kappa shape index (κ3) is 4.17. The molecule has 0 radical (unpaired) electrons. The van der Waals surface area contributed by atoms with Gasteiger partial charge < -0.3 is 0 Å². The summed E-state index contributed by atoms with van der Waals surface area (Å²) in [5.41, 5.74) is 0. The SMILES string of the molecule is CNS(=O)(=O)NC(CC(C)C)c1nccs1. The molecule has 7 heteroatoms. The fourth-order valence-corrected chi connectivity index (χ4v) is 2.80. The van der Waals surface area contributed by atoms with Gasteiger partial charge in [0.15, 0.2) is 0 Å². The topological polar surface area (TPSA) is 71.1 Å². The molecular formula is C9H17N3O2S2. The smallest absolute Gasteiger partial charge is 0.248 e. The van der Waals surface area contributed by atoms with E-state index in [1.165, 1.54) is 18.4 Å². The Morgan fingerprint density at radius 3 is 2.62 bits per heavy atom. The van der Waals surface area contributed by atoms with E-state index < -0.39 is 10.2 Å². The molecule has 16 heavy (non-hydrogen) atoms. The molecule has 0 aliphatic carbocycles. The summed E-state index contributed by atoms with van der Waals surface area (Å²) in [6.45, 7) is 4.10. The van der Waals surface area contributed by atoms with Gasteiger partial charge in [0.05, 0.1) is 6.04 Å². The zero-order valence-electron chi connectivity index (χ0n) is 9.60. The van der Waals surface area contributed by atoms with Crippen molar-refractivity contribution in [3.63, 3.8) is 0 Å². The van der Waals surface area contributed by atoms with Crippen LogP contribution < -0.4 is 9.44 Å². The highest BCUT2D eigenvalue weighted by atomic mass is 32.2. The first-order chi connectivity index (χ1) is 7.44. The molecule has 0 bridgehead atoms. The van der Waals surface area contributed by atoms with Crippen LogP contribution in [0, 0.1) is 5.92 Å². The Morgan fingerprint density at radius 2 is 2.19 bits per heavy atom. The highest BCUT2D eigenvalue weighted by molar-refractivity contribution is 7.87. The molecule has 0 amide bonds. The summed E-state index contributed by atoms with van der Waals surface area (Å²) >= 11 is 1.46. The summed E-state index contributed by atoms with van der Waals surface area (Å²) in [6, 6.07) is -0.252. The largest absolute Gasteiger partial charge is 0.277 e. The van der Waals surface area contributed by atoms with Crippen molar-refractivity contribution in [3.8, 4) is 0 Å². The van der Waals surface area contributed by atoms with Gasteiger partial charge in [-0.1, -0.05) is 13.8 Å². The Balaban J connectivity index is 2.81. The third-order valence-electron chi connectivity index (χ3n) is 2.02. The van der Waals surface area contributed by atoms with E-state index in [0.29, 0.717) is 5.92 Å². The maximum atomic E-state index is 11.4. The van der Waals surface area contributed by atoms with Crippen molar-refractivity contribution >= 4 is 21.5 Å². The van der Waals surface area contributed by atoms with Gasteiger partial charge in [0, 0.05) is 18.6 Å². The highest BCUT2D eigenvalue weighted by Crippen LogP contribution is 2.23. The van der Waals surface area contributed by atoms with Crippen LogP contribution in [-0.4, -0.2) is 20.4 Å². The average molecular weight is 263 g/mol. The first-order valence-electron chi connectivity index (χ1n) is 5.05. The number of nitrogens with zero attached hydrogens (tertiary/aromatic N) is 1. The van der Waals surface area contributed by atoms with Crippen molar-refractivity contribution in [3.05, 3.63) is 16.6 Å². The number of hydrogen-bond donors (Lipinski definition) is 2. The molecule has 92 valence electrons. The van der Waals surface area contributed by atoms with E-state index in [9.17, 15) is 8.42 Å². The van der Waals surface area contributed by atoms with Crippen LogP contribution >= 0.6 is 11.3 Å². The van der Waals surface area contributed by atoms with Crippen molar-refractivity contribution in [2.24, 2.45) is 5.92 Å². The lowest BCUT2D eigenvalue weighted by atomic mass is 10.1. The van der Waals surface area contributed by atoms with Crippen molar-refractivity contribution in [2.75, 3.05) is 7.05 Å². The molecule has 1 rings (SSSR count). The van der Waals surface area contributed by atoms with Crippen LogP contribution in [0.15, 0.2) is 11.6 Å². The Labute approximate surface area is 100 Å². The number of nitrogens with one attached hydrogen (secondary N) is 2. The molecule has 1 atom stereocenters. The van der Waals surface area contributed by atoms with Crippen LogP contribution in [0.25, 0.3) is 0 Å². The van der Waals surface area contributed by atoms with Gasteiger partial charge in [-0.3, -0.25) is 0 Å².